The molecule has 0 saturated heterocycles. The van der Waals surface area contributed by atoms with E-state index >= 15 is 0 Å². The Morgan fingerprint density at radius 2 is 1.79 bits per heavy atom. The molecule has 0 atom stereocenters. The van der Waals surface area contributed by atoms with Gasteiger partial charge < -0.3 is 10.2 Å². The highest BCUT2D eigenvalue weighted by Crippen LogP contribution is 2.20. The maximum absolute atomic E-state index is 5.71. The first-order valence-electron chi connectivity index (χ1n) is 5.76. The van der Waals surface area contributed by atoms with Crippen molar-refractivity contribution >= 4 is 5.82 Å². The van der Waals surface area contributed by atoms with Crippen LogP contribution in [0.15, 0.2) is 47.1 Å². The number of anilines is 1. The van der Waals surface area contributed by atoms with E-state index in [9.17, 15) is 0 Å². The van der Waals surface area contributed by atoms with Crippen molar-refractivity contribution in [1.29, 1.82) is 0 Å². The minimum atomic E-state index is 0.275. The quantitative estimate of drug-likeness (QED) is 0.763. The molecule has 3 aromatic rings. The van der Waals surface area contributed by atoms with E-state index in [1.165, 1.54) is 12.4 Å². The van der Waals surface area contributed by atoms with Gasteiger partial charge in [0.1, 0.15) is 0 Å². The molecule has 2 N–H and O–H groups in total. The maximum atomic E-state index is 5.71. The van der Waals surface area contributed by atoms with Crippen LogP contribution in [0.5, 0.6) is 0 Å². The van der Waals surface area contributed by atoms with E-state index in [2.05, 4.69) is 20.2 Å². The second-order valence-electron chi connectivity index (χ2n) is 3.95. The van der Waals surface area contributed by atoms with Crippen LogP contribution in [0.3, 0.4) is 0 Å². The molecule has 94 valence electrons. The van der Waals surface area contributed by atoms with Crippen molar-refractivity contribution in [3.05, 3.63) is 54.2 Å². The van der Waals surface area contributed by atoms with Crippen molar-refractivity contribution in [1.82, 2.24) is 20.2 Å². The Bertz CT molecular complexity index is 680. The highest BCUT2D eigenvalue weighted by molar-refractivity contribution is 5.60. The summed E-state index contributed by atoms with van der Waals surface area (Å²) in [6.45, 7) is 0. The molecule has 0 amide bonds. The number of benzene rings is 1. The lowest BCUT2D eigenvalue weighted by atomic mass is 10.2. The molecule has 2 heterocycles. The van der Waals surface area contributed by atoms with Crippen LogP contribution in [0.1, 0.15) is 11.5 Å². The largest absolute Gasteiger partial charge is 0.419 e. The van der Waals surface area contributed by atoms with E-state index in [1.807, 2.05) is 30.3 Å². The second-order valence-corrected chi connectivity index (χ2v) is 3.95. The van der Waals surface area contributed by atoms with E-state index in [1.54, 1.807) is 0 Å². The second kappa shape index (κ2) is 4.85. The summed E-state index contributed by atoms with van der Waals surface area (Å²) in [4.78, 5) is 8.02. The number of hydrogen-bond acceptors (Lipinski definition) is 6. The molecular weight excluding hydrogens is 242 g/mol. The Balaban J connectivity index is 1.86. The van der Waals surface area contributed by atoms with Crippen LogP contribution in [0, 0.1) is 0 Å². The number of nitrogens with zero attached hydrogens (tertiary/aromatic N) is 4. The summed E-state index contributed by atoms with van der Waals surface area (Å²) in [6.07, 6.45) is 3.63. The normalized spacial score (nSPS) is 10.5. The zero-order valence-corrected chi connectivity index (χ0v) is 10.0. The fourth-order valence-corrected chi connectivity index (χ4v) is 1.70. The smallest absolute Gasteiger partial charge is 0.270 e. The number of nitrogen functional groups attached to an aromatic ring is 1. The molecule has 1 aromatic carbocycles. The monoisotopic (exact) mass is 253 g/mol. The minimum Gasteiger partial charge on any atom is -0.419 e. The summed E-state index contributed by atoms with van der Waals surface area (Å²) in [6, 6.07) is 9.89. The Kier molecular flexibility index (Phi) is 2.89. The highest BCUT2D eigenvalue weighted by Gasteiger charge is 2.13. The van der Waals surface area contributed by atoms with Gasteiger partial charge in [0.25, 0.3) is 5.89 Å². The van der Waals surface area contributed by atoms with Crippen molar-refractivity contribution in [3.8, 4) is 11.6 Å². The first-order valence-corrected chi connectivity index (χ1v) is 5.76. The van der Waals surface area contributed by atoms with Gasteiger partial charge >= 0.3 is 0 Å². The van der Waals surface area contributed by atoms with Gasteiger partial charge in [-0.1, -0.05) is 30.3 Å². The van der Waals surface area contributed by atoms with Gasteiger partial charge in [-0.3, -0.25) is 0 Å². The van der Waals surface area contributed by atoms with E-state index in [0.29, 0.717) is 18.0 Å². The maximum Gasteiger partial charge on any atom is 0.270 e. The molecule has 6 nitrogen and oxygen atoms in total. The molecule has 0 unspecified atom stereocenters. The van der Waals surface area contributed by atoms with Crippen LogP contribution >= 0.6 is 0 Å². The van der Waals surface area contributed by atoms with Crippen LogP contribution in [-0.2, 0) is 6.42 Å². The average molecular weight is 253 g/mol. The number of aromatic nitrogens is 4. The van der Waals surface area contributed by atoms with Gasteiger partial charge in [-0.05, 0) is 5.56 Å². The topological polar surface area (TPSA) is 90.7 Å². The van der Waals surface area contributed by atoms with Crippen LogP contribution in [0.2, 0.25) is 0 Å². The predicted octanol–water partition coefficient (Wildman–Crippen LogP) is 1.70. The van der Waals surface area contributed by atoms with Crippen molar-refractivity contribution < 1.29 is 4.42 Å². The van der Waals surface area contributed by atoms with E-state index in [0.717, 1.165) is 5.56 Å². The highest BCUT2D eigenvalue weighted by atomic mass is 16.4. The van der Waals surface area contributed by atoms with Gasteiger partial charge in [0.2, 0.25) is 5.89 Å². The molecule has 0 bridgehead atoms. The summed E-state index contributed by atoms with van der Waals surface area (Å²) in [7, 11) is 0. The van der Waals surface area contributed by atoms with Crippen molar-refractivity contribution in [2.45, 2.75) is 6.42 Å². The number of hydrogen-bond donors (Lipinski definition) is 1. The molecule has 0 fully saturated rings. The average Bonchev–Trinajstić information content (AvgIpc) is 2.89. The van der Waals surface area contributed by atoms with Gasteiger partial charge in [0.15, 0.2) is 11.5 Å². The Morgan fingerprint density at radius 3 is 2.58 bits per heavy atom. The molecule has 0 aliphatic carbocycles. The molecule has 2 aromatic heterocycles. The van der Waals surface area contributed by atoms with Crippen LogP contribution < -0.4 is 5.73 Å². The van der Waals surface area contributed by atoms with Gasteiger partial charge in [-0.2, -0.15) is 0 Å². The Labute approximate surface area is 109 Å². The fourth-order valence-electron chi connectivity index (χ4n) is 1.70. The van der Waals surface area contributed by atoms with Crippen molar-refractivity contribution in [3.63, 3.8) is 0 Å². The SMILES string of the molecule is Nc1nccnc1-c1nnc(Cc2ccccc2)o1. The van der Waals surface area contributed by atoms with Gasteiger partial charge in [-0.25, -0.2) is 9.97 Å². The molecule has 0 spiro atoms. The van der Waals surface area contributed by atoms with Gasteiger partial charge in [-0.15, -0.1) is 10.2 Å². The zero-order valence-electron chi connectivity index (χ0n) is 10.0. The van der Waals surface area contributed by atoms with E-state index in [4.69, 9.17) is 10.2 Å². The molecule has 6 heteroatoms. The van der Waals surface area contributed by atoms with Crippen molar-refractivity contribution in [2.75, 3.05) is 5.73 Å². The Hall–Kier alpha value is -2.76. The van der Waals surface area contributed by atoms with Gasteiger partial charge in [0, 0.05) is 12.4 Å². The van der Waals surface area contributed by atoms with Crippen LogP contribution in [-0.4, -0.2) is 20.2 Å². The molecule has 0 saturated carbocycles. The number of rotatable bonds is 3. The molecule has 0 aliphatic rings. The minimum absolute atomic E-state index is 0.275. The summed E-state index contributed by atoms with van der Waals surface area (Å²) in [5.41, 5.74) is 7.23. The first kappa shape index (κ1) is 11.3. The Morgan fingerprint density at radius 1 is 1.00 bits per heavy atom. The molecule has 19 heavy (non-hydrogen) atoms. The van der Waals surface area contributed by atoms with E-state index < -0.39 is 0 Å². The van der Waals surface area contributed by atoms with Crippen LogP contribution in [0.25, 0.3) is 11.6 Å². The first-order chi connectivity index (χ1) is 9.33. The third-order valence-electron chi connectivity index (χ3n) is 2.59. The number of nitrogens with two attached hydrogens (primary N) is 1. The lowest BCUT2D eigenvalue weighted by Gasteiger charge is -1.97. The van der Waals surface area contributed by atoms with Crippen LogP contribution in [0.4, 0.5) is 5.82 Å². The molecular formula is C13H11N5O. The van der Waals surface area contributed by atoms with Gasteiger partial charge in [0.05, 0.1) is 6.42 Å². The van der Waals surface area contributed by atoms with Crippen molar-refractivity contribution in [2.24, 2.45) is 0 Å². The fraction of sp³-hybridized carbons (Fsp3) is 0.0769. The van der Waals surface area contributed by atoms with E-state index in [-0.39, 0.29) is 11.7 Å². The third-order valence-corrected chi connectivity index (χ3v) is 2.59. The predicted molar refractivity (Wildman–Crippen MR) is 69.0 cm³/mol. The summed E-state index contributed by atoms with van der Waals surface area (Å²) < 4.78 is 5.55. The molecule has 3 rings (SSSR count). The summed E-state index contributed by atoms with van der Waals surface area (Å²) in [5.74, 6) is 1.08. The third kappa shape index (κ3) is 2.42. The summed E-state index contributed by atoms with van der Waals surface area (Å²) in [5, 5.41) is 7.93. The molecule has 0 radical (unpaired) electrons. The molecule has 0 aliphatic heterocycles. The lowest BCUT2D eigenvalue weighted by Crippen LogP contribution is -1.95. The summed E-state index contributed by atoms with van der Waals surface area (Å²) >= 11 is 0. The zero-order chi connectivity index (χ0) is 13.1. The standard InChI is InChI=1S/C13H11N5O/c14-12-11(15-6-7-16-12)13-18-17-10(19-13)8-9-4-2-1-3-5-9/h1-7H,8H2,(H2,14,16). The lowest BCUT2D eigenvalue weighted by molar-refractivity contribution is 0.516.